The van der Waals surface area contributed by atoms with Crippen LogP contribution in [0, 0.1) is 0 Å². The molecule has 5 N–H and O–H groups in total. The minimum Gasteiger partial charge on any atom is -0.392 e. The van der Waals surface area contributed by atoms with E-state index in [-0.39, 0.29) is 6.61 Å². The Hall–Kier alpha value is -2.84. The second-order valence-corrected chi connectivity index (χ2v) is 6.44. The van der Waals surface area contributed by atoms with E-state index in [4.69, 9.17) is 5.73 Å². The van der Waals surface area contributed by atoms with Crippen molar-refractivity contribution in [1.29, 1.82) is 0 Å². The molecule has 1 aliphatic rings. The Morgan fingerprint density at radius 2 is 2.19 bits per heavy atom. The number of nitrogens with zero attached hydrogens (tertiary/aromatic N) is 4. The van der Waals surface area contributed by atoms with Crippen LogP contribution < -0.4 is 11.1 Å². The van der Waals surface area contributed by atoms with Crippen LogP contribution in [0.15, 0.2) is 30.5 Å². The summed E-state index contributed by atoms with van der Waals surface area (Å²) in [5, 5.41) is 20.0. The summed E-state index contributed by atoms with van der Waals surface area (Å²) in [6.07, 6.45) is 3.82. The summed E-state index contributed by atoms with van der Waals surface area (Å²) in [7, 11) is 0. The zero-order valence-corrected chi connectivity index (χ0v) is 14.3. The molecule has 26 heavy (non-hydrogen) atoms. The van der Waals surface area contributed by atoms with Gasteiger partial charge in [-0.25, -0.2) is 15.0 Å². The molecule has 0 unspecified atom stereocenters. The van der Waals surface area contributed by atoms with Gasteiger partial charge in [0.2, 0.25) is 5.82 Å². The van der Waals surface area contributed by atoms with Crippen molar-refractivity contribution in [3.8, 4) is 22.8 Å². The lowest BCUT2D eigenvalue weighted by Crippen LogP contribution is -2.28. The van der Waals surface area contributed by atoms with E-state index in [1.165, 1.54) is 0 Å². The molecule has 0 amide bonds. The topological polar surface area (TPSA) is 126 Å². The maximum Gasteiger partial charge on any atom is 0.203 e. The smallest absolute Gasteiger partial charge is 0.203 e. The van der Waals surface area contributed by atoms with Gasteiger partial charge in [-0.05, 0) is 31.0 Å². The third kappa shape index (κ3) is 3.29. The van der Waals surface area contributed by atoms with Crippen molar-refractivity contribution in [1.82, 2.24) is 30.5 Å². The van der Waals surface area contributed by atoms with E-state index in [1.807, 2.05) is 24.3 Å². The van der Waals surface area contributed by atoms with Gasteiger partial charge in [-0.3, -0.25) is 5.10 Å². The molecule has 8 nitrogen and oxygen atoms in total. The molecule has 3 aromatic rings. The molecule has 1 aliphatic heterocycles. The first-order valence-corrected chi connectivity index (χ1v) is 8.70. The molecule has 0 aliphatic carbocycles. The molecule has 1 saturated heterocycles. The number of aliphatic hydroxyl groups is 1. The summed E-state index contributed by atoms with van der Waals surface area (Å²) in [6.45, 7) is 1.91. The molecule has 0 radical (unpaired) electrons. The number of aromatic amines is 1. The summed E-state index contributed by atoms with van der Waals surface area (Å²) in [5.41, 5.74) is 8.82. The Balaban J connectivity index is 1.67. The van der Waals surface area contributed by atoms with Crippen molar-refractivity contribution in [3.63, 3.8) is 0 Å². The summed E-state index contributed by atoms with van der Waals surface area (Å²) < 4.78 is 0. The van der Waals surface area contributed by atoms with E-state index >= 15 is 0 Å². The van der Waals surface area contributed by atoms with E-state index in [1.54, 1.807) is 6.20 Å². The van der Waals surface area contributed by atoms with Gasteiger partial charge in [0.25, 0.3) is 0 Å². The monoisotopic (exact) mass is 351 g/mol. The van der Waals surface area contributed by atoms with Crippen LogP contribution in [-0.4, -0.2) is 43.3 Å². The normalized spacial score (nSPS) is 17.3. The van der Waals surface area contributed by atoms with Gasteiger partial charge in [0.05, 0.1) is 18.5 Å². The Morgan fingerprint density at radius 3 is 3.00 bits per heavy atom. The van der Waals surface area contributed by atoms with Gasteiger partial charge in [-0.1, -0.05) is 18.2 Å². The summed E-state index contributed by atoms with van der Waals surface area (Å²) in [5.74, 6) is 1.92. The highest BCUT2D eigenvalue weighted by Crippen LogP contribution is 2.26. The predicted octanol–water partition coefficient (Wildman–Crippen LogP) is 1.47. The summed E-state index contributed by atoms with van der Waals surface area (Å²) in [6, 6.07) is 7.52. The quantitative estimate of drug-likeness (QED) is 0.561. The van der Waals surface area contributed by atoms with Crippen LogP contribution in [0.2, 0.25) is 0 Å². The van der Waals surface area contributed by atoms with Crippen LogP contribution in [0.4, 0.5) is 5.82 Å². The zero-order valence-electron chi connectivity index (χ0n) is 14.3. The lowest BCUT2D eigenvalue weighted by molar-refractivity contribution is 0.282. The van der Waals surface area contributed by atoms with Crippen molar-refractivity contribution in [2.75, 3.05) is 18.8 Å². The van der Waals surface area contributed by atoms with E-state index < -0.39 is 0 Å². The summed E-state index contributed by atoms with van der Waals surface area (Å²) in [4.78, 5) is 13.5. The fraction of sp³-hybridized carbons (Fsp3) is 0.333. The molecule has 1 aromatic carbocycles. The first-order chi connectivity index (χ1) is 12.7. The molecule has 134 valence electrons. The lowest BCUT2D eigenvalue weighted by atomic mass is 9.99. The maximum atomic E-state index is 9.33. The average Bonchev–Trinajstić information content (AvgIpc) is 3.19. The molecule has 0 bridgehead atoms. The predicted molar refractivity (Wildman–Crippen MR) is 98.0 cm³/mol. The van der Waals surface area contributed by atoms with Crippen molar-refractivity contribution in [2.24, 2.45) is 0 Å². The molecular formula is C18H21N7O. The Labute approximate surface area is 150 Å². The van der Waals surface area contributed by atoms with Gasteiger partial charge >= 0.3 is 0 Å². The van der Waals surface area contributed by atoms with Crippen molar-refractivity contribution >= 4 is 5.82 Å². The minimum absolute atomic E-state index is 0.0250. The van der Waals surface area contributed by atoms with E-state index in [0.29, 0.717) is 28.9 Å². The van der Waals surface area contributed by atoms with Crippen molar-refractivity contribution in [3.05, 3.63) is 41.9 Å². The third-order valence-electron chi connectivity index (χ3n) is 4.60. The number of nitrogen functional groups attached to an aromatic ring is 1. The first kappa shape index (κ1) is 16.6. The summed E-state index contributed by atoms with van der Waals surface area (Å²) >= 11 is 0. The van der Waals surface area contributed by atoms with Crippen LogP contribution in [0.1, 0.15) is 30.1 Å². The van der Waals surface area contributed by atoms with Crippen LogP contribution in [0.5, 0.6) is 0 Å². The number of hydrogen-bond donors (Lipinski definition) is 4. The Morgan fingerprint density at radius 1 is 1.27 bits per heavy atom. The Bertz CT molecular complexity index is 902. The number of rotatable bonds is 4. The lowest BCUT2D eigenvalue weighted by Gasteiger charge is -2.20. The zero-order chi connectivity index (χ0) is 17.9. The van der Waals surface area contributed by atoms with Gasteiger partial charge in [-0.2, -0.15) is 5.10 Å². The Kier molecular flexibility index (Phi) is 4.59. The maximum absolute atomic E-state index is 9.33. The second kappa shape index (κ2) is 7.19. The molecule has 1 fully saturated rings. The van der Waals surface area contributed by atoms with Gasteiger partial charge in [0.15, 0.2) is 11.5 Å². The van der Waals surface area contributed by atoms with Crippen molar-refractivity contribution < 1.29 is 5.11 Å². The largest absolute Gasteiger partial charge is 0.392 e. The number of hydrogen-bond acceptors (Lipinski definition) is 7. The van der Waals surface area contributed by atoms with E-state index in [9.17, 15) is 5.11 Å². The van der Waals surface area contributed by atoms with Gasteiger partial charge < -0.3 is 16.2 Å². The third-order valence-corrected chi connectivity index (χ3v) is 4.60. The fourth-order valence-electron chi connectivity index (χ4n) is 3.18. The number of H-pyrrole nitrogens is 1. The number of piperidine rings is 1. The first-order valence-electron chi connectivity index (χ1n) is 8.70. The molecule has 8 heteroatoms. The SMILES string of the molecule is Nc1ncc(-c2cccc(CO)c2)nc1-c1n[nH]c([C@@H]2CCCNC2)n1. The minimum atomic E-state index is -0.0250. The average molecular weight is 351 g/mol. The molecule has 1 atom stereocenters. The standard InChI is InChI=1S/C18H21N7O/c19-16-15(18-23-17(24-25-18)13-5-2-6-20-8-13)22-14(9-21-16)12-4-1-3-11(7-12)10-26/h1,3-4,7,9,13,20,26H,2,5-6,8,10H2,(H2,19,21)(H,23,24,25)/t13-/m1/s1. The van der Waals surface area contributed by atoms with E-state index in [0.717, 1.165) is 42.9 Å². The molecule has 4 rings (SSSR count). The van der Waals surface area contributed by atoms with Gasteiger partial charge in [-0.15, -0.1) is 0 Å². The number of aromatic nitrogens is 5. The molecule has 3 heterocycles. The molecule has 2 aromatic heterocycles. The molecule has 0 spiro atoms. The number of nitrogens with one attached hydrogen (secondary N) is 2. The van der Waals surface area contributed by atoms with Gasteiger partial charge in [0, 0.05) is 18.0 Å². The highest BCUT2D eigenvalue weighted by molar-refractivity contribution is 5.69. The van der Waals surface area contributed by atoms with Crippen LogP contribution in [-0.2, 0) is 6.61 Å². The molecular weight excluding hydrogens is 330 g/mol. The number of nitrogens with two attached hydrogens (primary N) is 1. The van der Waals surface area contributed by atoms with Crippen LogP contribution in [0.3, 0.4) is 0 Å². The van der Waals surface area contributed by atoms with Crippen LogP contribution >= 0.6 is 0 Å². The molecule has 0 saturated carbocycles. The number of benzene rings is 1. The fourth-order valence-corrected chi connectivity index (χ4v) is 3.18. The van der Waals surface area contributed by atoms with Crippen LogP contribution in [0.25, 0.3) is 22.8 Å². The number of anilines is 1. The van der Waals surface area contributed by atoms with Crippen molar-refractivity contribution in [2.45, 2.75) is 25.4 Å². The second-order valence-electron chi connectivity index (χ2n) is 6.44. The number of aliphatic hydroxyl groups excluding tert-OH is 1. The van der Waals surface area contributed by atoms with E-state index in [2.05, 4.69) is 30.5 Å². The highest BCUT2D eigenvalue weighted by Gasteiger charge is 2.21. The highest BCUT2D eigenvalue weighted by atomic mass is 16.3. The van der Waals surface area contributed by atoms with Gasteiger partial charge in [0.1, 0.15) is 5.82 Å².